The molecule has 3 aromatic carbocycles. The standard InChI is InChI=1S/C29H23ClN2O7S/c1-3-37-19-8-4-15(12-21(19)36-2)25-24(26(33)16-5-9-20-22(13-16)39-11-10-38-20)27(34)28(35)32(25)29-31-18-7-6-17(30)14-23(18)40-29/h4-9,12-14,25,33H,3,10-11H2,1-2H3. The van der Waals surface area contributed by atoms with Crippen molar-refractivity contribution in [1.82, 2.24) is 4.98 Å². The first-order valence-electron chi connectivity index (χ1n) is 12.5. The van der Waals surface area contributed by atoms with Crippen molar-refractivity contribution in [3.05, 3.63) is 76.3 Å². The smallest absolute Gasteiger partial charge is 0.301 e. The second-order valence-electron chi connectivity index (χ2n) is 8.98. The van der Waals surface area contributed by atoms with Crippen LogP contribution in [-0.2, 0) is 9.59 Å². The molecule has 11 heteroatoms. The quantitative estimate of drug-likeness (QED) is 0.175. The van der Waals surface area contributed by atoms with Crippen molar-refractivity contribution in [1.29, 1.82) is 0 Å². The van der Waals surface area contributed by atoms with Crippen LogP contribution in [0.25, 0.3) is 16.0 Å². The monoisotopic (exact) mass is 578 g/mol. The van der Waals surface area contributed by atoms with Crippen molar-refractivity contribution in [2.24, 2.45) is 0 Å². The van der Waals surface area contributed by atoms with Crippen LogP contribution >= 0.6 is 22.9 Å². The number of nitrogens with zero attached hydrogens (tertiary/aromatic N) is 2. The molecule has 204 valence electrons. The Morgan fingerprint density at radius 3 is 2.65 bits per heavy atom. The highest BCUT2D eigenvalue weighted by molar-refractivity contribution is 7.22. The molecule has 1 N–H and O–H groups in total. The molecular formula is C29H23ClN2O7S. The highest BCUT2D eigenvalue weighted by Gasteiger charge is 2.48. The number of Topliss-reactive ketones (excluding diaryl/α,β-unsaturated/α-hetero) is 1. The summed E-state index contributed by atoms with van der Waals surface area (Å²) in [6.07, 6.45) is 0. The molecule has 0 spiro atoms. The zero-order chi connectivity index (χ0) is 28.0. The summed E-state index contributed by atoms with van der Waals surface area (Å²) in [5.74, 6) is -0.118. The van der Waals surface area contributed by atoms with Gasteiger partial charge in [-0.3, -0.25) is 14.5 Å². The highest BCUT2D eigenvalue weighted by atomic mass is 35.5. The Morgan fingerprint density at radius 2 is 1.88 bits per heavy atom. The van der Waals surface area contributed by atoms with Gasteiger partial charge >= 0.3 is 5.91 Å². The van der Waals surface area contributed by atoms with Crippen LogP contribution < -0.4 is 23.8 Å². The number of carbonyl (C=O) groups excluding carboxylic acids is 2. The van der Waals surface area contributed by atoms with E-state index in [9.17, 15) is 14.7 Å². The van der Waals surface area contributed by atoms with E-state index in [1.165, 1.54) is 23.3 Å². The highest BCUT2D eigenvalue weighted by Crippen LogP contribution is 2.46. The first-order valence-corrected chi connectivity index (χ1v) is 13.7. The number of thiazole rings is 1. The Kier molecular flexibility index (Phi) is 6.73. The molecule has 2 aliphatic rings. The minimum absolute atomic E-state index is 0.0924. The van der Waals surface area contributed by atoms with Gasteiger partial charge in [0.1, 0.15) is 19.0 Å². The third-order valence-electron chi connectivity index (χ3n) is 6.61. The molecule has 0 aliphatic carbocycles. The SMILES string of the molecule is CCOc1ccc(C2C(=C(O)c3ccc4c(c3)OCCO4)C(=O)C(=O)N2c2nc3ccc(Cl)cc3s2)cc1OC. The lowest BCUT2D eigenvalue weighted by Crippen LogP contribution is -2.29. The molecule has 1 amide bonds. The van der Waals surface area contributed by atoms with Crippen molar-refractivity contribution in [3.8, 4) is 23.0 Å². The first-order chi connectivity index (χ1) is 19.4. The number of anilines is 1. The summed E-state index contributed by atoms with van der Waals surface area (Å²) in [5.41, 5.74) is 1.36. The van der Waals surface area contributed by atoms with E-state index < -0.39 is 17.7 Å². The molecule has 1 saturated heterocycles. The van der Waals surface area contributed by atoms with E-state index in [1.54, 1.807) is 54.6 Å². The molecule has 3 heterocycles. The minimum Gasteiger partial charge on any atom is -0.507 e. The Morgan fingerprint density at radius 1 is 1.07 bits per heavy atom. The average Bonchev–Trinajstić information content (AvgIpc) is 3.50. The number of carbonyl (C=O) groups is 2. The summed E-state index contributed by atoms with van der Waals surface area (Å²) in [6, 6.07) is 14.2. The molecule has 2 aliphatic heterocycles. The van der Waals surface area contributed by atoms with Gasteiger partial charge in [-0.2, -0.15) is 0 Å². The molecular weight excluding hydrogens is 556 g/mol. The van der Waals surface area contributed by atoms with Gasteiger partial charge in [-0.15, -0.1) is 0 Å². The van der Waals surface area contributed by atoms with Gasteiger partial charge < -0.3 is 24.1 Å². The molecule has 1 atom stereocenters. The fourth-order valence-corrected chi connectivity index (χ4v) is 6.08. The van der Waals surface area contributed by atoms with Gasteiger partial charge in [0.05, 0.1) is 35.5 Å². The summed E-state index contributed by atoms with van der Waals surface area (Å²) in [5, 5.41) is 12.4. The fraction of sp³-hybridized carbons (Fsp3) is 0.207. The van der Waals surface area contributed by atoms with Crippen LogP contribution in [-0.4, -0.2) is 48.7 Å². The summed E-state index contributed by atoms with van der Waals surface area (Å²) < 4.78 is 23.2. The number of aliphatic hydroxyl groups excluding tert-OH is 1. The summed E-state index contributed by atoms with van der Waals surface area (Å²) in [6.45, 7) is 3.05. The maximum Gasteiger partial charge on any atom is 0.301 e. The van der Waals surface area contributed by atoms with Crippen molar-refractivity contribution >= 4 is 55.7 Å². The maximum atomic E-state index is 13.6. The lowest BCUT2D eigenvalue weighted by atomic mass is 9.95. The Labute approximate surface area is 238 Å². The molecule has 0 saturated carbocycles. The van der Waals surface area contributed by atoms with Crippen LogP contribution in [0.15, 0.2) is 60.2 Å². The molecule has 0 bridgehead atoms. The van der Waals surface area contributed by atoms with Gasteiger partial charge in [0.25, 0.3) is 5.78 Å². The molecule has 9 nitrogen and oxygen atoms in total. The minimum atomic E-state index is -1.01. The van der Waals surface area contributed by atoms with Crippen LogP contribution in [0.3, 0.4) is 0 Å². The number of rotatable bonds is 6. The third-order valence-corrected chi connectivity index (χ3v) is 7.86. The number of hydrogen-bond donors (Lipinski definition) is 1. The number of fused-ring (bicyclic) bond motifs is 2. The Hall–Kier alpha value is -4.28. The van der Waals surface area contributed by atoms with Crippen LogP contribution in [0.2, 0.25) is 5.02 Å². The first kappa shape index (κ1) is 26.0. The lowest BCUT2D eigenvalue weighted by molar-refractivity contribution is -0.132. The molecule has 0 radical (unpaired) electrons. The van der Waals surface area contributed by atoms with E-state index in [1.807, 2.05) is 6.92 Å². The Balaban J connectivity index is 1.55. The van der Waals surface area contributed by atoms with Crippen LogP contribution in [0.1, 0.15) is 24.1 Å². The van der Waals surface area contributed by atoms with Gasteiger partial charge in [0.2, 0.25) is 0 Å². The average molecular weight is 579 g/mol. The van der Waals surface area contributed by atoms with E-state index in [0.29, 0.717) is 69.6 Å². The molecule has 4 aromatic rings. The summed E-state index contributed by atoms with van der Waals surface area (Å²) >= 11 is 7.40. The van der Waals surface area contributed by atoms with Crippen LogP contribution in [0, 0.1) is 0 Å². The van der Waals surface area contributed by atoms with Crippen molar-refractivity contribution < 1.29 is 33.6 Å². The van der Waals surface area contributed by atoms with Gasteiger partial charge in [-0.25, -0.2) is 4.98 Å². The number of methoxy groups -OCH3 is 1. The van der Waals surface area contributed by atoms with Gasteiger partial charge in [-0.05, 0) is 61.0 Å². The predicted octanol–water partition coefficient (Wildman–Crippen LogP) is 5.75. The second kappa shape index (κ2) is 10.4. The zero-order valence-electron chi connectivity index (χ0n) is 21.5. The van der Waals surface area contributed by atoms with E-state index in [0.717, 1.165) is 4.70 Å². The maximum absolute atomic E-state index is 13.6. The number of aromatic nitrogens is 1. The van der Waals surface area contributed by atoms with E-state index >= 15 is 0 Å². The number of amides is 1. The van der Waals surface area contributed by atoms with Gasteiger partial charge in [0, 0.05) is 10.6 Å². The number of aliphatic hydroxyl groups is 1. The number of benzene rings is 3. The number of halogens is 1. The van der Waals surface area contributed by atoms with Gasteiger partial charge in [0.15, 0.2) is 28.1 Å². The zero-order valence-corrected chi connectivity index (χ0v) is 23.0. The number of ketones is 1. The molecule has 1 unspecified atom stereocenters. The normalized spacial score (nSPS) is 17.9. The fourth-order valence-electron chi connectivity index (χ4n) is 4.81. The number of ether oxygens (including phenoxy) is 4. The molecule has 6 rings (SSSR count). The number of hydrogen-bond acceptors (Lipinski definition) is 9. The Bertz CT molecular complexity index is 1700. The van der Waals surface area contributed by atoms with Crippen molar-refractivity contribution in [2.75, 3.05) is 31.8 Å². The summed E-state index contributed by atoms with van der Waals surface area (Å²) in [7, 11) is 1.51. The van der Waals surface area contributed by atoms with E-state index in [-0.39, 0.29) is 11.3 Å². The van der Waals surface area contributed by atoms with Crippen LogP contribution in [0.4, 0.5) is 5.13 Å². The molecule has 40 heavy (non-hydrogen) atoms. The summed E-state index contributed by atoms with van der Waals surface area (Å²) in [4.78, 5) is 33.1. The van der Waals surface area contributed by atoms with Gasteiger partial charge in [-0.1, -0.05) is 29.0 Å². The lowest BCUT2D eigenvalue weighted by Gasteiger charge is -2.24. The molecule has 1 fully saturated rings. The third kappa shape index (κ3) is 4.39. The predicted molar refractivity (Wildman–Crippen MR) is 151 cm³/mol. The van der Waals surface area contributed by atoms with Crippen molar-refractivity contribution in [2.45, 2.75) is 13.0 Å². The van der Waals surface area contributed by atoms with Crippen LogP contribution in [0.5, 0.6) is 23.0 Å². The second-order valence-corrected chi connectivity index (χ2v) is 10.4. The van der Waals surface area contributed by atoms with E-state index in [2.05, 4.69) is 4.98 Å². The largest absolute Gasteiger partial charge is 0.507 e. The molecule has 1 aromatic heterocycles. The topological polar surface area (TPSA) is 107 Å². The van der Waals surface area contributed by atoms with E-state index in [4.69, 9.17) is 30.5 Å². The van der Waals surface area contributed by atoms with Crippen molar-refractivity contribution in [3.63, 3.8) is 0 Å².